The number of rotatable bonds is 9. The van der Waals surface area contributed by atoms with E-state index in [-0.39, 0.29) is 18.7 Å². The number of amides is 4. The van der Waals surface area contributed by atoms with Gasteiger partial charge in [0.2, 0.25) is 11.8 Å². The van der Waals surface area contributed by atoms with Gasteiger partial charge in [-0.3, -0.25) is 14.4 Å². The minimum atomic E-state index is -1.42. The molecule has 0 radical (unpaired) electrons. The summed E-state index contributed by atoms with van der Waals surface area (Å²) in [6, 6.07) is 9.09. The summed E-state index contributed by atoms with van der Waals surface area (Å²) in [6.07, 6.45) is 6.99. The number of pyridine rings is 1. The van der Waals surface area contributed by atoms with Crippen molar-refractivity contribution in [3.63, 3.8) is 0 Å². The molecule has 2 aromatic carbocycles. The van der Waals surface area contributed by atoms with Crippen molar-refractivity contribution in [1.29, 1.82) is 0 Å². The van der Waals surface area contributed by atoms with E-state index in [0.717, 1.165) is 40.0 Å². The first-order valence-corrected chi connectivity index (χ1v) is 18.3. The van der Waals surface area contributed by atoms with E-state index in [2.05, 4.69) is 21.7 Å². The maximum absolute atomic E-state index is 14.8. The Morgan fingerprint density at radius 1 is 1.11 bits per heavy atom. The number of halogens is 3. The van der Waals surface area contributed by atoms with Gasteiger partial charge in [-0.1, -0.05) is 35.9 Å². The zero-order valence-electron chi connectivity index (χ0n) is 30.3. The highest BCUT2D eigenvalue weighted by atomic mass is 35.5. The fraction of sp³-hybridized carbons (Fsp3) is 0.425. The van der Waals surface area contributed by atoms with Crippen LogP contribution in [0, 0.1) is 11.7 Å². The number of nitrogens with one attached hydrogen (secondary N) is 2. The Kier molecular flexibility index (Phi) is 11.2. The van der Waals surface area contributed by atoms with Gasteiger partial charge in [0.15, 0.2) is 0 Å². The molecule has 2 fully saturated rings. The number of fused-ring (bicyclic) bond motifs is 1. The molecule has 1 aliphatic carbocycles. The van der Waals surface area contributed by atoms with Gasteiger partial charge in [-0.05, 0) is 112 Å². The summed E-state index contributed by atoms with van der Waals surface area (Å²) in [4.78, 5) is 59.8. The minimum absolute atomic E-state index is 0.0280. The third kappa shape index (κ3) is 9.40. The summed E-state index contributed by atoms with van der Waals surface area (Å²) in [5.41, 5.74) is 2.97. The monoisotopic (exact) mass is 747 g/mol. The van der Waals surface area contributed by atoms with Crippen LogP contribution in [-0.2, 0) is 14.3 Å². The Hall–Kier alpha value is -4.84. The molecule has 280 valence electrons. The number of aromatic nitrogens is 1. The number of nitrogens with zero attached hydrogens (tertiary/aromatic N) is 3. The van der Waals surface area contributed by atoms with Gasteiger partial charge in [0, 0.05) is 29.9 Å². The molecule has 3 aromatic rings. The predicted molar refractivity (Wildman–Crippen MR) is 199 cm³/mol. The summed E-state index contributed by atoms with van der Waals surface area (Å²) < 4.78 is 34.0. The highest BCUT2D eigenvalue weighted by molar-refractivity contribution is 6.32. The molecule has 3 heterocycles. The Morgan fingerprint density at radius 3 is 2.62 bits per heavy atom. The second kappa shape index (κ2) is 15.6. The SMILES string of the molecule is C[C@H](NC(=O)[C@@H]1C[C@@H](F)CN1C(=O)CNC(=O)c1ccc2cc(F)ccc2n1)c1cc(C2=CCCN(C(=O)OC(C)(C)C)C2)c(Cl)cc1/C=C/C1CC1. The summed E-state index contributed by atoms with van der Waals surface area (Å²) >= 11 is 6.88. The molecule has 2 N–H and O–H groups in total. The van der Waals surface area contributed by atoms with Crippen LogP contribution in [0.3, 0.4) is 0 Å². The third-order valence-corrected chi connectivity index (χ3v) is 9.79. The van der Waals surface area contributed by atoms with Crippen LogP contribution in [0.5, 0.6) is 0 Å². The van der Waals surface area contributed by atoms with E-state index >= 15 is 0 Å². The van der Waals surface area contributed by atoms with Gasteiger partial charge in [0.1, 0.15) is 29.3 Å². The molecule has 0 unspecified atom stereocenters. The van der Waals surface area contributed by atoms with Gasteiger partial charge in [-0.25, -0.2) is 18.6 Å². The molecule has 1 saturated carbocycles. The molecular formula is C40H44ClF2N5O5. The molecule has 3 atom stereocenters. The van der Waals surface area contributed by atoms with Crippen LogP contribution >= 0.6 is 11.6 Å². The fourth-order valence-corrected chi connectivity index (χ4v) is 6.88. The molecule has 3 aliphatic rings. The Bertz CT molecular complexity index is 1990. The normalized spacial score (nSPS) is 19.6. The minimum Gasteiger partial charge on any atom is -0.444 e. The van der Waals surface area contributed by atoms with Crippen LogP contribution < -0.4 is 10.6 Å². The molecule has 1 aromatic heterocycles. The molecule has 0 bridgehead atoms. The third-order valence-electron chi connectivity index (χ3n) is 9.47. The van der Waals surface area contributed by atoms with Gasteiger partial charge in [-0.2, -0.15) is 0 Å². The summed E-state index contributed by atoms with van der Waals surface area (Å²) in [5.74, 6) is -1.72. The van der Waals surface area contributed by atoms with Crippen molar-refractivity contribution in [1.82, 2.24) is 25.4 Å². The van der Waals surface area contributed by atoms with E-state index in [4.69, 9.17) is 16.3 Å². The zero-order chi connectivity index (χ0) is 38.0. The molecule has 0 spiro atoms. The lowest BCUT2D eigenvalue weighted by Gasteiger charge is -2.31. The average molecular weight is 748 g/mol. The van der Waals surface area contributed by atoms with Crippen molar-refractivity contribution in [3.8, 4) is 0 Å². The number of ether oxygens (including phenoxy) is 1. The highest BCUT2D eigenvalue weighted by Crippen LogP contribution is 2.36. The van der Waals surface area contributed by atoms with Crippen molar-refractivity contribution in [2.75, 3.05) is 26.2 Å². The van der Waals surface area contributed by atoms with E-state index in [9.17, 15) is 28.0 Å². The lowest BCUT2D eigenvalue weighted by Crippen LogP contribution is -2.49. The average Bonchev–Trinajstić information content (AvgIpc) is 3.86. The molecule has 4 amide bonds. The van der Waals surface area contributed by atoms with Crippen molar-refractivity contribution in [2.24, 2.45) is 5.92 Å². The van der Waals surface area contributed by atoms with Crippen molar-refractivity contribution in [2.45, 2.75) is 77.2 Å². The first kappa shape index (κ1) is 37.9. The van der Waals surface area contributed by atoms with E-state index in [1.54, 1.807) is 11.0 Å². The standard InChI is InChI=1S/C40H44ClF2N5O5/c1-23(30-19-31(32(41)17-25(30)10-9-24-7-8-24)27-6-5-15-47(21-27)39(52)53-40(2,3)4)45-38(51)35-18-29(43)22-48(35)36(49)20-44-37(50)34-13-11-26-16-28(42)12-14-33(26)46-34/h6,9-14,16-17,19,23-24,29,35H,5,7-8,15,18,20-22H2,1-4H3,(H,44,50)(H,45,51)/b10-9+/t23-,29+,35-/m0/s1. The fourth-order valence-electron chi connectivity index (χ4n) is 6.59. The second-order valence-corrected chi connectivity index (χ2v) is 15.3. The van der Waals surface area contributed by atoms with E-state index in [1.807, 2.05) is 52.0 Å². The predicted octanol–water partition coefficient (Wildman–Crippen LogP) is 7.02. The maximum atomic E-state index is 14.8. The molecular weight excluding hydrogens is 704 g/mol. The van der Waals surface area contributed by atoms with Crippen molar-refractivity contribution >= 4 is 58.0 Å². The highest BCUT2D eigenvalue weighted by Gasteiger charge is 2.40. The molecule has 10 nitrogen and oxygen atoms in total. The van der Waals surface area contributed by atoms with E-state index in [0.29, 0.717) is 41.4 Å². The topological polar surface area (TPSA) is 121 Å². The van der Waals surface area contributed by atoms with E-state index < -0.39 is 60.0 Å². The molecule has 53 heavy (non-hydrogen) atoms. The van der Waals surface area contributed by atoms with Gasteiger partial charge in [0.25, 0.3) is 5.91 Å². The number of hydrogen-bond donors (Lipinski definition) is 2. The van der Waals surface area contributed by atoms with Gasteiger partial charge in [0.05, 0.1) is 24.6 Å². The Balaban J connectivity index is 1.16. The van der Waals surface area contributed by atoms with Crippen molar-refractivity contribution in [3.05, 3.63) is 87.8 Å². The Labute approximate surface area is 312 Å². The maximum Gasteiger partial charge on any atom is 0.410 e. The molecule has 2 aliphatic heterocycles. The lowest BCUT2D eigenvalue weighted by atomic mass is 9.93. The molecule has 13 heteroatoms. The van der Waals surface area contributed by atoms with Crippen LogP contribution in [0.2, 0.25) is 5.02 Å². The van der Waals surface area contributed by atoms with Crippen LogP contribution in [-0.4, -0.2) is 82.6 Å². The lowest BCUT2D eigenvalue weighted by molar-refractivity contribution is -0.138. The summed E-state index contributed by atoms with van der Waals surface area (Å²) in [5, 5.41) is 6.53. The smallest absolute Gasteiger partial charge is 0.410 e. The van der Waals surface area contributed by atoms with Crippen LogP contribution in [0.1, 0.15) is 86.6 Å². The van der Waals surface area contributed by atoms with Gasteiger partial charge < -0.3 is 25.2 Å². The number of carbonyl (C=O) groups excluding carboxylic acids is 4. The number of likely N-dealkylation sites (tertiary alicyclic amines) is 1. The Morgan fingerprint density at radius 2 is 1.89 bits per heavy atom. The van der Waals surface area contributed by atoms with E-state index in [1.165, 1.54) is 24.3 Å². The number of carbonyl (C=O) groups is 4. The van der Waals surface area contributed by atoms with Crippen LogP contribution in [0.4, 0.5) is 13.6 Å². The quantitative estimate of drug-likeness (QED) is 0.243. The molecule has 1 saturated heterocycles. The van der Waals surface area contributed by atoms with Gasteiger partial charge >= 0.3 is 6.09 Å². The van der Waals surface area contributed by atoms with Crippen molar-refractivity contribution < 1.29 is 32.7 Å². The summed E-state index contributed by atoms with van der Waals surface area (Å²) in [7, 11) is 0. The van der Waals surface area contributed by atoms with Gasteiger partial charge in [-0.15, -0.1) is 0 Å². The first-order chi connectivity index (χ1) is 25.1. The first-order valence-electron chi connectivity index (χ1n) is 17.9. The van der Waals surface area contributed by atoms with Crippen LogP contribution in [0.25, 0.3) is 22.6 Å². The number of alkyl halides is 1. The largest absolute Gasteiger partial charge is 0.444 e. The summed E-state index contributed by atoms with van der Waals surface area (Å²) in [6.45, 7) is 7.33. The van der Waals surface area contributed by atoms with Crippen LogP contribution in [0.15, 0.2) is 54.6 Å². The zero-order valence-corrected chi connectivity index (χ0v) is 31.0. The second-order valence-electron chi connectivity index (χ2n) is 14.9. The number of allylic oxidation sites excluding steroid dienone is 1. The molecule has 6 rings (SSSR count). The number of benzene rings is 2. The number of hydrogen-bond acceptors (Lipinski definition) is 6.